The number of carbonyl (C=O) groups excluding carboxylic acids is 2. The second kappa shape index (κ2) is 7.21. The molecule has 3 heterocycles. The van der Waals surface area contributed by atoms with Gasteiger partial charge in [0.25, 0.3) is 0 Å². The van der Waals surface area contributed by atoms with E-state index < -0.39 is 40.5 Å². The van der Waals surface area contributed by atoms with E-state index in [0.717, 1.165) is 30.8 Å². The molecule has 0 aromatic heterocycles. The molecule has 0 radical (unpaired) electrons. The number of carbonyl (C=O) groups is 2. The van der Waals surface area contributed by atoms with Crippen LogP contribution in [0.1, 0.15) is 32.3 Å². The first-order valence-corrected chi connectivity index (χ1v) is 11.5. The Balaban J connectivity index is 1.86. The number of methoxy groups -OCH3 is 2. The summed E-state index contributed by atoms with van der Waals surface area (Å²) in [6.45, 7) is 4.94. The SMILES string of the molecule is CC[C@]12C=CCN3CC[C@@]4(c5ccc(OC)cc5N(C)[C@H]4[C@@](O)(C(=O)OC)[C@H]1OC(C)=O)[C@@H]32. The number of likely N-dealkylation sites (N-methyl/N-ethyl adjacent to an activating group) is 1. The fourth-order valence-electron chi connectivity index (χ4n) is 7.68. The normalized spacial score (nSPS) is 38.4. The van der Waals surface area contributed by atoms with E-state index in [0.29, 0.717) is 12.2 Å². The van der Waals surface area contributed by atoms with E-state index in [2.05, 4.69) is 23.1 Å². The molecule has 33 heavy (non-hydrogen) atoms. The fraction of sp³-hybridized carbons (Fsp3) is 0.600. The van der Waals surface area contributed by atoms with Crippen LogP contribution in [0, 0.1) is 5.41 Å². The number of aliphatic hydroxyl groups is 1. The summed E-state index contributed by atoms with van der Waals surface area (Å²) in [5.74, 6) is -0.617. The maximum atomic E-state index is 13.5. The second-order valence-corrected chi connectivity index (χ2v) is 9.76. The van der Waals surface area contributed by atoms with Crippen molar-refractivity contribution in [3.05, 3.63) is 35.9 Å². The van der Waals surface area contributed by atoms with E-state index in [4.69, 9.17) is 14.2 Å². The van der Waals surface area contributed by atoms with E-state index in [-0.39, 0.29) is 6.04 Å². The number of hydrogen-bond donors (Lipinski definition) is 1. The van der Waals surface area contributed by atoms with Crippen LogP contribution in [0.4, 0.5) is 5.69 Å². The number of benzene rings is 1. The largest absolute Gasteiger partial charge is 0.497 e. The summed E-state index contributed by atoms with van der Waals surface area (Å²) >= 11 is 0. The molecule has 8 heteroatoms. The van der Waals surface area contributed by atoms with Gasteiger partial charge in [-0.25, -0.2) is 4.79 Å². The lowest BCUT2D eigenvalue weighted by atomic mass is 9.47. The van der Waals surface area contributed by atoms with E-state index in [1.165, 1.54) is 14.0 Å². The molecule has 1 saturated heterocycles. The molecule has 0 amide bonds. The van der Waals surface area contributed by atoms with Crippen LogP contribution in [0.5, 0.6) is 5.75 Å². The molecule has 5 rings (SSSR count). The molecule has 1 aromatic rings. The standard InChI is InChI=1S/C25H32N2O6/c1-6-23-10-7-12-27-13-11-24(19(23)27)17-9-8-16(31-4)14-18(17)26(3)20(24)25(30,22(29)32-5)21(23)33-15(2)28/h7-10,14,19-21,30H,6,11-13H2,1-5H3/t19-,20+,21-,23+,24+,25-/m0/s1. The average Bonchev–Trinajstić information content (AvgIpc) is 3.32. The first-order valence-electron chi connectivity index (χ1n) is 11.5. The number of ether oxygens (including phenoxy) is 3. The van der Waals surface area contributed by atoms with Crippen LogP contribution in [-0.2, 0) is 24.5 Å². The van der Waals surface area contributed by atoms with Gasteiger partial charge in [0.1, 0.15) is 5.75 Å². The zero-order valence-electron chi connectivity index (χ0n) is 19.8. The van der Waals surface area contributed by atoms with Crippen LogP contribution in [0.2, 0.25) is 0 Å². The quantitative estimate of drug-likeness (QED) is 0.541. The van der Waals surface area contributed by atoms with Crippen LogP contribution < -0.4 is 9.64 Å². The van der Waals surface area contributed by atoms with Gasteiger partial charge in [0.05, 0.1) is 20.3 Å². The van der Waals surface area contributed by atoms with Crippen molar-refractivity contribution >= 4 is 17.6 Å². The van der Waals surface area contributed by atoms with Gasteiger partial charge in [-0.05, 0) is 31.0 Å². The Bertz CT molecular complexity index is 1040. The van der Waals surface area contributed by atoms with E-state index in [1.54, 1.807) is 7.11 Å². The molecule has 3 aliphatic heterocycles. The van der Waals surface area contributed by atoms with Crippen molar-refractivity contribution in [1.29, 1.82) is 0 Å². The van der Waals surface area contributed by atoms with Gasteiger partial charge in [-0.2, -0.15) is 0 Å². The van der Waals surface area contributed by atoms with Crippen molar-refractivity contribution in [2.75, 3.05) is 39.3 Å². The smallest absolute Gasteiger partial charge is 0.344 e. The van der Waals surface area contributed by atoms with Gasteiger partial charge in [-0.1, -0.05) is 25.1 Å². The summed E-state index contributed by atoms with van der Waals surface area (Å²) in [5, 5.41) is 12.5. The van der Waals surface area contributed by atoms with Gasteiger partial charge in [0.15, 0.2) is 6.10 Å². The molecular weight excluding hydrogens is 424 g/mol. The predicted molar refractivity (Wildman–Crippen MR) is 121 cm³/mol. The summed E-state index contributed by atoms with van der Waals surface area (Å²) in [6.07, 6.45) is 4.40. The summed E-state index contributed by atoms with van der Waals surface area (Å²) in [6, 6.07) is 5.22. The molecule has 6 atom stereocenters. The van der Waals surface area contributed by atoms with Crippen molar-refractivity contribution in [3.63, 3.8) is 0 Å². The number of nitrogens with zero attached hydrogens (tertiary/aromatic N) is 2. The first-order chi connectivity index (χ1) is 15.7. The number of fused-ring (bicyclic) bond motifs is 1. The van der Waals surface area contributed by atoms with E-state index >= 15 is 0 Å². The Kier molecular flexibility index (Phi) is 4.85. The lowest BCUT2D eigenvalue weighted by Gasteiger charge is -2.63. The predicted octanol–water partition coefficient (Wildman–Crippen LogP) is 1.64. The minimum Gasteiger partial charge on any atom is -0.497 e. The monoisotopic (exact) mass is 456 g/mol. The molecule has 2 fully saturated rings. The van der Waals surface area contributed by atoms with Gasteiger partial charge < -0.3 is 24.2 Å². The molecule has 1 aliphatic carbocycles. The molecule has 4 aliphatic rings. The lowest BCUT2D eigenvalue weighted by molar-refractivity contribution is -0.228. The molecule has 8 nitrogen and oxygen atoms in total. The van der Waals surface area contributed by atoms with Gasteiger partial charge >= 0.3 is 11.9 Å². The van der Waals surface area contributed by atoms with Crippen LogP contribution in [0.15, 0.2) is 30.4 Å². The number of esters is 2. The van der Waals surface area contributed by atoms with Crippen molar-refractivity contribution in [1.82, 2.24) is 4.90 Å². The lowest BCUT2D eigenvalue weighted by Crippen LogP contribution is -2.81. The third-order valence-electron chi connectivity index (χ3n) is 8.62. The highest BCUT2D eigenvalue weighted by Gasteiger charge is 2.80. The Morgan fingerprint density at radius 3 is 2.64 bits per heavy atom. The van der Waals surface area contributed by atoms with E-state index in [1.807, 2.05) is 31.0 Å². The zero-order chi connectivity index (χ0) is 23.8. The van der Waals surface area contributed by atoms with Gasteiger partial charge in [0.2, 0.25) is 5.60 Å². The summed E-state index contributed by atoms with van der Waals surface area (Å²) < 4.78 is 16.6. The van der Waals surface area contributed by atoms with Gasteiger partial charge in [-0.3, -0.25) is 9.69 Å². The van der Waals surface area contributed by atoms with E-state index in [9.17, 15) is 14.7 Å². The Labute approximate surface area is 194 Å². The first kappa shape index (κ1) is 22.2. The second-order valence-electron chi connectivity index (χ2n) is 9.76. The number of rotatable bonds is 4. The third kappa shape index (κ3) is 2.48. The van der Waals surface area contributed by atoms with Crippen LogP contribution in [-0.4, -0.2) is 80.1 Å². The van der Waals surface area contributed by atoms with Gasteiger partial charge in [0, 0.05) is 49.1 Å². The molecule has 1 aromatic carbocycles. The fourth-order valence-corrected chi connectivity index (χ4v) is 7.68. The topological polar surface area (TPSA) is 88.5 Å². The molecule has 0 bridgehead atoms. The van der Waals surface area contributed by atoms with Crippen molar-refractivity contribution < 1.29 is 28.9 Å². The summed E-state index contributed by atoms with van der Waals surface area (Å²) in [7, 11) is 4.77. The molecule has 178 valence electrons. The van der Waals surface area contributed by atoms with Crippen LogP contribution >= 0.6 is 0 Å². The molecule has 1 spiro atoms. The maximum Gasteiger partial charge on any atom is 0.344 e. The highest BCUT2D eigenvalue weighted by atomic mass is 16.6. The third-order valence-corrected chi connectivity index (χ3v) is 8.62. The van der Waals surface area contributed by atoms with Crippen LogP contribution in [0.3, 0.4) is 0 Å². The zero-order valence-corrected chi connectivity index (χ0v) is 19.8. The minimum atomic E-state index is -2.08. The Hall–Kier alpha value is -2.58. The van der Waals surface area contributed by atoms with Crippen molar-refractivity contribution in [2.24, 2.45) is 5.41 Å². The summed E-state index contributed by atoms with van der Waals surface area (Å²) in [4.78, 5) is 30.2. The molecule has 1 N–H and O–H groups in total. The highest BCUT2D eigenvalue weighted by Crippen LogP contribution is 2.67. The average molecular weight is 457 g/mol. The van der Waals surface area contributed by atoms with Crippen molar-refractivity contribution in [2.45, 2.75) is 55.9 Å². The minimum absolute atomic E-state index is 0.0589. The Morgan fingerprint density at radius 1 is 1.24 bits per heavy atom. The maximum absolute atomic E-state index is 13.5. The summed E-state index contributed by atoms with van der Waals surface area (Å²) in [5.41, 5.74) is -1.41. The molecule has 0 unspecified atom stereocenters. The number of anilines is 1. The highest BCUT2D eigenvalue weighted by molar-refractivity contribution is 5.87. The molecular formula is C25H32N2O6. The number of hydrogen-bond acceptors (Lipinski definition) is 8. The molecule has 1 saturated carbocycles. The Morgan fingerprint density at radius 2 is 2.00 bits per heavy atom. The van der Waals surface area contributed by atoms with Crippen LogP contribution in [0.25, 0.3) is 0 Å². The van der Waals surface area contributed by atoms with Crippen molar-refractivity contribution in [3.8, 4) is 5.75 Å². The van der Waals surface area contributed by atoms with Gasteiger partial charge in [-0.15, -0.1) is 0 Å².